The molecule has 5 nitrogen and oxygen atoms in total. The standard InChI is InChI=1S/C20H31N3O2/c21-19(17-9-14-25-15-10-17)20(24)22-18-6-4-16(5-7-18)8-13-23-11-2-1-3-12-23/h4-7,17,19H,1-3,8-15,21H2,(H,22,24). The monoisotopic (exact) mass is 345 g/mol. The molecule has 0 aromatic heterocycles. The number of amides is 1. The highest BCUT2D eigenvalue weighted by Crippen LogP contribution is 2.19. The molecule has 2 fully saturated rings. The van der Waals surface area contributed by atoms with Crippen molar-refractivity contribution in [3.63, 3.8) is 0 Å². The number of carbonyl (C=O) groups is 1. The second-order valence-electron chi connectivity index (χ2n) is 7.31. The largest absolute Gasteiger partial charge is 0.381 e. The summed E-state index contributed by atoms with van der Waals surface area (Å²) in [5.41, 5.74) is 8.27. The molecule has 0 spiro atoms. The SMILES string of the molecule is NC(C(=O)Nc1ccc(CCN2CCCCC2)cc1)C1CCOCC1. The summed E-state index contributed by atoms with van der Waals surface area (Å²) in [6, 6.07) is 7.74. The summed E-state index contributed by atoms with van der Waals surface area (Å²) in [5.74, 6) is 0.130. The fraction of sp³-hybridized carbons (Fsp3) is 0.650. The number of likely N-dealkylation sites (tertiary alicyclic amines) is 1. The van der Waals surface area contributed by atoms with Gasteiger partial charge in [-0.25, -0.2) is 0 Å². The summed E-state index contributed by atoms with van der Waals surface area (Å²) in [4.78, 5) is 14.9. The van der Waals surface area contributed by atoms with E-state index in [1.54, 1.807) is 0 Å². The van der Waals surface area contributed by atoms with Crippen LogP contribution in [0.25, 0.3) is 0 Å². The fourth-order valence-electron chi connectivity index (χ4n) is 3.74. The van der Waals surface area contributed by atoms with Crippen molar-refractivity contribution in [1.82, 2.24) is 4.90 Å². The molecule has 0 radical (unpaired) electrons. The number of ether oxygens (including phenoxy) is 1. The fourth-order valence-corrected chi connectivity index (χ4v) is 3.74. The highest BCUT2D eigenvalue weighted by Gasteiger charge is 2.26. The maximum absolute atomic E-state index is 12.3. The van der Waals surface area contributed by atoms with Gasteiger partial charge >= 0.3 is 0 Å². The summed E-state index contributed by atoms with van der Waals surface area (Å²) >= 11 is 0. The van der Waals surface area contributed by atoms with Gasteiger partial charge in [0.05, 0.1) is 6.04 Å². The number of nitrogens with zero attached hydrogens (tertiary/aromatic N) is 1. The van der Waals surface area contributed by atoms with Gasteiger partial charge in [0.15, 0.2) is 0 Å². The molecule has 1 aromatic carbocycles. The minimum atomic E-state index is -0.456. The molecule has 0 saturated carbocycles. The van der Waals surface area contributed by atoms with Crippen molar-refractivity contribution in [3.8, 4) is 0 Å². The molecule has 2 heterocycles. The van der Waals surface area contributed by atoms with Crippen LogP contribution in [-0.2, 0) is 16.0 Å². The Bertz CT molecular complexity index is 534. The van der Waals surface area contributed by atoms with Crippen LogP contribution in [0, 0.1) is 5.92 Å². The Morgan fingerprint density at radius 1 is 1.16 bits per heavy atom. The first kappa shape index (κ1) is 18.4. The van der Waals surface area contributed by atoms with Crippen molar-refractivity contribution in [1.29, 1.82) is 0 Å². The van der Waals surface area contributed by atoms with Gasteiger partial charge in [0.25, 0.3) is 0 Å². The van der Waals surface area contributed by atoms with Gasteiger partial charge in [-0.05, 0) is 68.8 Å². The molecule has 25 heavy (non-hydrogen) atoms. The normalized spacial score (nSPS) is 21.0. The zero-order valence-corrected chi connectivity index (χ0v) is 15.1. The lowest BCUT2D eigenvalue weighted by Crippen LogP contribution is -2.44. The van der Waals surface area contributed by atoms with Crippen LogP contribution in [0.3, 0.4) is 0 Å². The van der Waals surface area contributed by atoms with Crippen LogP contribution in [0.4, 0.5) is 5.69 Å². The average Bonchev–Trinajstić information content (AvgIpc) is 2.68. The van der Waals surface area contributed by atoms with Crippen LogP contribution in [0.5, 0.6) is 0 Å². The Morgan fingerprint density at radius 2 is 1.84 bits per heavy atom. The van der Waals surface area contributed by atoms with Crippen molar-refractivity contribution in [3.05, 3.63) is 29.8 Å². The first-order chi connectivity index (χ1) is 12.2. The van der Waals surface area contributed by atoms with Gasteiger partial charge in [-0.15, -0.1) is 0 Å². The van der Waals surface area contributed by atoms with E-state index in [0.717, 1.165) is 31.5 Å². The molecule has 1 unspecified atom stereocenters. The highest BCUT2D eigenvalue weighted by atomic mass is 16.5. The number of hydrogen-bond donors (Lipinski definition) is 2. The van der Waals surface area contributed by atoms with E-state index >= 15 is 0 Å². The molecule has 2 saturated heterocycles. The van der Waals surface area contributed by atoms with E-state index in [2.05, 4.69) is 22.3 Å². The van der Waals surface area contributed by atoms with Crippen molar-refractivity contribution >= 4 is 11.6 Å². The summed E-state index contributed by atoms with van der Waals surface area (Å²) in [7, 11) is 0. The lowest BCUT2D eigenvalue weighted by atomic mass is 9.92. The van der Waals surface area contributed by atoms with Crippen LogP contribution in [0.1, 0.15) is 37.7 Å². The third-order valence-corrected chi connectivity index (χ3v) is 5.46. The zero-order chi connectivity index (χ0) is 17.5. The van der Waals surface area contributed by atoms with Crippen molar-refractivity contribution < 1.29 is 9.53 Å². The Morgan fingerprint density at radius 3 is 2.52 bits per heavy atom. The smallest absolute Gasteiger partial charge is 0.241 e. The minimum Gasteiger partial charge on any atom is -0.381 e. The average molecular weight is 345 g/mol. The number of hydrogen-bond acceptors (Lipinski definition) is 4. The molecule has 2 aliphatic heterocycles. The molecule has 3 N–H and O–H groups in total. The van der Waals surface area contributed by atoms with Gasteiger partial charge in [0.1, 0.15) is 0 Å². The van der Waals surface area contributed by atoms with Crippen molar-refractivity contribution in [2.75, 3.05) is 38.2 Å². The van der Waals surface area contributed by atoms with Crippen molar-refractivity contribution in [2.24, 2.45) is 11.7 Å². The molecule has 5 heteroatoms. The number of anilines is 1. The van der Waals surface area contributed by atoms with E-state index < -0.39 is 6.04 Å². The summed E-state index contributed by atoms with van der Waals surface area (Å²) in [5, 5.41) is 2.96. The van der Waals surface area contributed by atoms with E-state index in [0.29, 0.717) is 13.2 Å². The lowest BCUT2D eigenvalue weighted by molar-refractivity contribution is -0.119. The van der Waals surface area contributed by atoms with E-state index in [1.165, 1.54) is 37.9 Å². The van der Waals surface area contributed by atoms with Crippen LogP contribution >= 0.6 is 0 Å². The van der Waals surface area contributed by atoms with Crippen LogP contribution in [0.15, 0.2) is 24.3 Å². The van der Waals surface area contributed by atoms with Crippen LogP contribution in [0.2, 0.25) is 0 Å². The van der Waals surface area contributed by atoms with E-state index in [9.17, 15) is 4.79 Å². The first-order valence-electron chi connectivity index (χ1n) is 9.68. The quantitative estimate of drug-likeness (QED) is 0.831. The molecule has 0 aliphatic carbocycles. The summed E-state index contributed by atoms with van der Waals surface area (Å²) in [6.07, 6.45) is 6.83. The Kier molecular flexibility index (Phi) is 6.84. The van der Waals surface area contributed by atoms with Gasteiger partial charge in [-0.1, -0.05) is 18.6 Å². The molecule has 138 valence electrons. The lowest BCUT2D eigenvalue weighted by Gasteiger charge is -2.27. The minimum absolute atomic E-state index is 0.0898. The van der Waals surface area contributed by atoms with Crippen molar-refractivity contribution in [2.45, 2.75) is 44.6 Å². The molecular weight excluding hydrogens is 314 g/mol. The predicted molar refractivity (Wildman–Crippen MR) is 101 cm³/mol. The topological polar surface area (TPSA) is 67.6 Å². The molecule has 2 aliphatic rings. The van der Waals surface area contributed by atoms with E-state index in [1.807, 2.05) is 12.1 Å². The maximum atomic E-state index is 12.3. The molecule has 1 aromatic rings. The first-order valence-corrected chi connectivity index (χ1v) is 9.68. The number of rotatable bonds is 6. The third-order valence-electron chi connectivity index (χ3n) is 5.46. The van der Waals surface area contributed by atoms with Gasteiger partial charge in [0.2, 0.25) is 5.91 Å². The molecule has 0 bridgehead atoms. The number of nitrogens with two attached hydrogens (primary N) is 1. The third kappa shape index (κ3) is 5.53. The van der Waals surface area contributed by atoms with Gasteiger partial charge in [-0.3, -0.25) is 4.79 Å². The molecule has 3 rings (SSSR count). The van der Waals surface area contributed by atoms with Gasteiger partial charge < -0.3 is 20.7 Å². The van der Waals surface area contributed by atoms with E-state index in [-0.39, 0.29) is 11.8 Å². The second-order valence-corrected chi connectivity index (χ2v) is 7.31. The van der Waals surface area contributed by atoms with Crippen LogP contribution in [-0.4, -0.2) is 49.7 Å². The predicted octanol–water partition coefficient (Wildman–Crippen LogP) is 2.41. The Balaban J connectivity index is 1.45. The van der Waals surface area contributed by atoms with E-state index in [4.69, 9.17) is 10.5 Å². The highest BCUT2D eigenvalue weighted by molar-refractivity contribution is 5.94. The van der Waals surface area contributed by atoms with Crippen LogP contribution < -0.4 is 11.1 Å². The number of benzene rings is 1. The number of carbonyl (C=O) groups excluding carboxylic acids is 1. The Labute approximate surface area is 150 Å². The van der Waals surface area contributed by atoms with Gasteiger partial charge in [-0.2, -0.15) is 0 Å². The Hall–Kier alpha value is -1.43. The summed E-state index contributed by atoms with van der Waals surface area (Å²) < 4.78 is 5.34. The second kappa shape index (κ2) is 9.32. The number of nitrogens with one attached hydrogen (secondary N) is 1. The maximum Gasteiger partial charge on any atom is 0.241 e. The van der Waals surface area contributed by atoms with Gasteiger partial charge in [0, 0.05) is 25.4 Å². The molecule has 1 amide bonds. The summed E-state index contributed by atoms with van der Waals surface area (Å²) in [6.45, 7) is 5.01. The zero-order valence-electron chi connectivity index (χ0n) is 15.1. The molecular formula is C20H31N3O2. The number of piperidine rings is 1. The molecule has 1 atom stereocenters.